The third-order valence-corrected chi connectivity index (χ3v) is 8.02. The van der Waals surface area contributed by atoms with Crippen molar-refractivity contribution in [3.05, 3.63) is 76.1 Å². The summed E-state index contributed by atoms with van der Waals surface area (Å²) in [5, 5.41) is 28.7. The summed E-state index contributed by atoms with van der Waals surface area (Å²) >= 11 is 0. The second-order valence-electron chi connectivity index (χ2n) is 11.4. The van der Waals surface area contributed by atoms with Gasteiger partial charge in [0.25, 0.3) is 0 Å². The molecule has 1 aromatic heterocycles. The average Bonchev–Trinajstić information content (AvgIpc) is 3.45. The van der Waals surface area contributed by atoms with E-state index in [1.54, 1.807) is 38.1 Å². The number of halogens is 1. The predicted molar refractivity (Wildman–Crippen MR) is 150 cm³/mol. The number of ether oxygens (including phenoxy) is 1. The highest BCUT2D eigenvalue weighted by Crippen LogP contribution is 2.46. The molecule has 1 aliphatic carbocycles. The molecule has 4 N–H and O–H groups in total. The van der Waals surface area contributed by atoms with E-state index in [1.165, 1.54) is 6.07 Å². The average molecular weight is 546 g/mol. The molecule has 2 aromatic rings. The van der Waals surface area contributed by atoms with E-state index in [9.17, 15) is 19.6 Å². The van der Waals surface area contributed by atoms with Gasteiger partial charge in [0.05, 0.1) is 17.1 Å². The quantitative estimate of drug-likeness (QED) is 0.220. The van der Waals surface area contributed by atoms with Crippen molar-refractivity contribution < 1.29 is 19.0 Å². The number of nitrogens with one attached hydrogen (secondary N) is 1. The van der Waals surface area contributed by atoms with Gasteiger partial charge in [0.1, 0.15) is 28.7 Å². The van der Waals surface area contributed by atoms with Crippen molar-refractivity contribution in [1.82, 2.24) is 4.98 Å². The highest BCUT2D eigenvalue weighted by molar-refractivity contribution is 6.06. The number of benzene rings is 1. The van der Waals surface area contributed by atoms with Gasteiger partial charge in [0.15, 0.2) is 5.84 Å². The Morgan fingerprint density at radius 3 is 2.67 bits per heavy atom. The van der Waals surface area contributed by atoms with Crippen molar-refractivity contribution in [3.63, 3.8) is 0 Å². The fourth-order valence-corrected chi connectivity index (χ4v) is 5.72. The Labute approximate surface area is 234 Å². The minimum atomic E-state index is -0.945. The molecule has 0 radical (unpaired) electrons. The number of esters is 1. The summed E-state index contributed by atoms with van der Waals surface area (Å²) in [7, 11) is 0. The van der Waals surface area contributed by atoms with Gasteiger partial charge in [-0.15, -0.1) is 0 Å². The summed E-state index contributed by atoms with van der Waals surface area (Å²) in [6.07, 6.45) is 4.65. The Hall–Kier alpha value is -4.06. The monoisotopic (exact) mass is 545 g/mol. The van der Waals surface area contributed by atoms with E-state index in [0.29, 0.717) is 24.1 Å². The molecule has 1 atom stereocenters. The van der Waals surface area contributed by atoms with Gasteiger partial charge in [-0.1, -0.05) is 31.0 Å². The fraction of sp³-hybridized carbons (Fsp3) is 0.452. The second-order valence-corrected chi connectivity index (χ2v) is 11.4. The molecular weight excluding hydrogens is 509 g/mol. The van der Waals surface area contributed by atoms with Crippen LogP contribution in [0.2, 0.25) is 0 Å². The maximum Gasteiger partial charge on any atom is 0.338 e. The summed E-state index contributed by atoms with van der Waals surface area (Å²) in [4.78, 5) is 21.6. The Morgan fingerprint density at radius 2 is 2.05 bits per heavy atom. The Balaban J connectivity index is 1.53. The van der Waals surface area contributed by atoms with Gasteiger partial charge < -0.3 is 15.6 Å². The van der Waals surface area contributed by atoms with Crippen LogP contribution in [0.15, 0.2) is 52.7 Å². The molecule has 0 bridgehead atoms. The summed E-state index contributed by atoms with van der Waals surface area (Å²) in [5.41, 5.74) is 6.41. The fourth-order valence-electron chi connectivity index (χ4n) is 5.72. The molecule has 1 aliphatic heterocycles. The lowest BCUT2D eigenvalue weighted by atomic mass is 9.76. The number of aryl methyl sites for hydroxylation is 2. The van der Waals surface area contributed by atoms with E-state index in [-0.39, 0.29) is 41.8 Å². The Morgan fingerprint density at radius 1 is 1.32 bits per heavy atom. The third kappa shape index (κ3) is 6.22. The highest BCUT2D eigenvalue weighted by Gasteiger charge is 2.48. The van der Waals surface area contributed by atoms with Gasteiger partial charge >= 0.3 is 5.97 Å². The van der Waals surface area contributed by atoms with Crippen LogP contribution in [0.5, 0.6) is 0 Å². The zero-order chi connectivity index (χ0) is 29.1. The molecule has 210 valence electrons. The molecule has 2 heterocycles. The normalized spacial score (nSPS) is 20.4. The number of nitriles is 1. The van der Waals surface area contributed by atoms with Crippen LogP contribution in [-0.2, 0) is 21.4 Å². The number of pyridine rings is 1. The molecule has 2 aliphatic rings. The molecular formula is C31H36FN5O3. The number of aliphatic imine (C=N–C) groups is 1. The third-order valence-electron chi connectivity index (χ3n) is 8.02. The molecule has 1 saturated carbocycles. The predicted octanol–water partition coefficient (Wildman–Crippen LogP) is 5.72. The van der Waals surface area contributed by atoms with E-state index in [2.05, 4.69) is 16.0 Å². The summed E-state index contributed by atoms with van der Waals surface area (Å²) in [6, 6.07) is 12.2. The maximum absolute atomic E-state index is 14.9. The van der Waals surface area contributed by atoms with E-state index in [1.807, 2.05) is 13.0 Å². The number of hydrogen-bond acceptors (Lipinski definition) is 6. The van der Waals surface area contributed by atoms with Crippen molar-refractivity contribution in [2.24, 2.45) is 16.6 Å². The van der Waals surface area contributed by atoms with Crippen LogP contribution in [0.25, 0.3) is 0 Å². The van der Waals surface area contributed by atoms with Gasteiger partial charge in [0.2, 0.25) is 0 Å². The SMILES string of the molecule is Cc1cccc(C(=N)N=C(N)CC2=C(O)CC(CCc3ccc(C(C)(C)C#N)c(F)c3)(C3CCCC3)OC2=O)n1. The number of aliphatic hydroxyl groups is 1. The number of carbonyl (C=O) groups excluding carboxylic acids is 1. The van der Waals surface area contributed by atoms with Gasteiger partial charge in [-0.2, -0.15) is 5.26 Å². The van der Waals surface area contributed by atoms with Crippen molar-refractivity contribution >= 4 is 17.6 Å². The molecule has 0 amide bonds. The Kier molecular flexibility index (Phi) is 8.38. The van der Waals surface area contributed by atoms with Crippen LogP contribution in [-0.4, -0.2) is 33.3 Å². The molecule has 1 unspecified atom stereocenters. The first-order valence-electron chi connectivity index (χ1n) is 13.6. The van der Waals surface area contributed by atoms with Gasteiger partial charge in [-0.25, -0.2) is 19.2 Å². The number of nitrogens with two attached hydrogens (primary N) is 1. The van der Waals surface area contributed by atoms with Crippen LogP contribution >= 0.6 is 0 Å². The molecule has 0 saturated heterocycles. The molecule has 0 spiro atoms. The van der Waals surface area contributed by atoms with Gasteiger partial charge in [-0.05, 0) is 76.1 Å². The molecule has 9 heteroatoms. The second kappa shape index (κ2) is 11.6. The number of hydrogen-bond donors (Lipinski definition) is 3. The first-order chi connectivity index (χ1) is 18.9. The zero-order valence-corrected chi connectivity index (χ0v) is 23.3. The number of carbonyl (C=O) groups is 1. The number of aliphatic hydroxyl groups excluding tert-OH is 1. The van der Waals surface area contributed by atoms with Crippen LogP contribution in [0.3, 0.4) is 0 Å². The first-order valence-corrected chi connectivity index (χ1v) is 13.6. The number of cyclic esters (lactones) is 1. The molecule has 4 rings (SSSR count). The lowest BCUT2D eigenvalue weighted by Crippen LogP contribution is -2.46. The number of amidine groups is 2. The molecule has 1 aromatic carbocycles. The van der Waals surface area contributed by atoms with E-state index >= 15 is 0 Å². The largest absolute Gasteiger partial charge is 0.512 e. The Bertz CT molecular complexity index is 1420. The van der Waals surface area contributed by atoms with Crippen LogP contribution in [0.4, 0.5) is 4.39 Å². The van der Waals surface area contributed by atoms with Gasteiger partial charge in [0, 0.05) is 24.1 Å². The van der Waals surface area contributed by atoms with Crippen LogP contribution < -0.4 is 5.73 Å². The topological polar surface area (TPSA) is 145 Å². The lowest BCUT2D eigenvalue weighted by molar-refractivity contribution is -0.167. The van der Waals surface area contributed by atoms with Crippen molar-refractivity contribution in [1.29, 1.82) is 10.7 Å². The van der Waals surface area contributed by atoms with Crippen molar-refractivity contribution in [2.75, 3.05) is 0 Å². The molecule has 8 nitrogen and oxygen atoms in total. The summed E-state index contributed by atoms with van der Waals surface area (Å²) in [6.45, 7) is 5.16. The highest BCUT2D eigenvalue weighted by atomic mass is 19.1. The van der Waals surface area contributed by atoms with Gasteiger partial charge in [-0.3, -0.25) is 5.41 Å². The number of rotatable bonds is 8. The van der Waals surface area contributed by atoms with Crippen molar-refractivity contribution in [3.8, 4) is 6.07 Å². The van der Waals surface area contributed by atoms with Crippen LogP contribution in [0.1, 0.15) is 81.3 Å². The first kappa shape index (κ1) is 28.9. The number of nitrogens with zero attached hydrogens (tertiary/aromatic N) is 3. The summed E-state index contributed by atoms with van der Waals surface area (Å²) < 4.78 is 21.0. The number of aromatic nitrogens is 1. The minimum Gasteiger partial charge on any atom is -0.512 e. The smallest absolute Gasteiger partial charge is 0.338 e. The van der Waals surface area contributed by atoms with E-state index in [4.69, 9.17) is 15.9 Å². The maximum atomic E-state index is 14.9. The summed E-state index contributed by atoms with van der Waals surface area (Å²) in [5.74, 6) is -1.23. The van der Waals surface area contributed by atoms with E-state index < -0.39 is 22.8 Å². The van der Waals surface area contributed by atoms with Crippen LogP contribution in [0, 0.1) is 35.4 Å². The minimum absolute atomic E-state index is 0.00368. The molecule has 40 heavy (non-hydrogen) atoms. The lowest BCUT2D eigenvalue weighted by Gasteiger charge is -2.42. The van der Waals surface area contributed by atoms with E-state index in [0.717, 1.165) is 36.9 Å². The zero-order valence-electron chi connectivity index (χ0n) is 23.3. The van der Waals surface area contributed by atoms with Crippen molar-refractivity contribution in [2.45, 2.75) is 83.2 Å². The standard InChI is InChI=1S/C31H36FN5O3/c1-19-7-6-10-25(36-19)28(35)37-27(34)16-22-26(38)17-31(40-29(22)39,21-8-4-5-9-21)14-13-20-11-12-23(24(32)15-20)30(2,3)18-33/h6-7,10-12,15,21,38H,4-5,8-9,13-14,16-17H2,1-3H3,(H3,34,35,37). The molecule has 1 fully saturated rings.